The van der Waals surface area contributed by atoms with Crippen molar-refractivity contribution < 1.29 is 14.3 Å². The fourth-order valence-electron chi connectivity index (χ4n) is 2.83. The van der Waals surface area contributed by atoms with E-state index in [1.54, 1.807) is 23.9 Å². The molecule has 1 heterocycles. The molecule has 3 atom stereocenters. The number of anilines is 1. The average molecular weight is 398 g/mol. The normalized spacial score (nSPS) is 20.4. The van der Waals surface area contributed by atoms with E-state index < -0.39 is 12.0 Å². The standard InChI is InChI=1S/C18H27N3O3S2/c1-24-18(23)16(6-7-26-2)21-17(22)12-4-3-5-13(8-12)19-10-14-9-15(25)11-20-14/h3-5,8,14-16,19-20,25H,6-7,9-11H2,1-2H3,(H,21,22)/t14-,15-,16-/m0/s1. The van der Waals surface area contributed by atoms with Crippen molar-refractivity contribution in [2.75, 3.05) is 37.5 Å². The van der Waals surface area contributed by atoms with Crippen molar-refractivity contribution in [3.8, 4) is 0 Å². The molecule has 1 aromatic rings. The van der Waals surface area contributed by atoms with Crippen LogP contribution in [0.2, 0.25) is 0 Å². The SMILES string of the molecule is COC(=O)[C@H](CCSC)NC(=O)c1cccc(NC[C@@H]2C[C@H](S)CN2)c1. The second kappa shape index (κ2) is 10.7. The second-order valence-electron chi connectivity index (χ2n) is 6.29. The van der Waals surface area contributed by atoms with Gasteiger partial charge in [-0.3, -0.25) is 4.79 Å². The molecular formula is C18H27N3O3S2. The third kappa shape index (κ3) is 6.41. The number of hydrogen-bond donors (Lipinski definition) is 4. The highest BCUT2D eigenvalue weighted by atomic mass is 32.2. The van der Waals surface area contributed by atoms with Crippen molar-refractivity contribution in [2.45, 2.75) is 30.2 Å². The van der Waals surface area contributed by atoms with Gasteiger partial charge < -0.3 is 20.7 Å². The molecule has 1 fully saturated rings. The average Bonchev–Trinajstić information content (AvgIpc) is 3.08. The number of ether oxygens (including phenoxy) is 1. The Kier molecular flexibility index (Phi) is 8.61. The summed E-state index contributed by atoms with van der Waals surface area (Å²) in [5.74, 6) is 0.0668. The molecule has 1 amide bonds. The third-order valence-electron chi connectivity index (χ3n) is 4.28. The lowest BCUT2D eigenvalue weighted by molar-refractivity contribution is -0.142. The number of hydrogen-bond acceptors (Lipinski definition) is 7. The molecule has 8 heteroatoms. The number of nitrogens with one attached hydrogen (secondary N) is 3. The van der Waals surface area contributed by atoms with Gasteiger partial charge >= 0.3 is 5.97 Å². The van der Waals surface area contributed by atoms with Crippen LogP contribution in [0.4, 0.5) is 5.69 Å². The maximum absolute atomic E-state index is 12.5. The number of amides is 1. The van der Waals surface area contributed by atoms with Gasteiger partial charge in [0.2, 0.25) is 0 Å². The molecule has 0 saturated carbocycles. The van der Waals surface area contributed by atoms with Crippen LogP contribution >= 0.6 is 24.4 Å². The first-order valence-corrected chi connectivity index (χ1v) is 10.6. The summed E-state index contributed by atoms with van der Waals surface area (Å²) in [5, 5.41) is 9.93. The maximum Gasteiger partial charge on any atom is 0.328 e. The summed E-state index contributed by atoms with van der Waals surface area (Å²) in [6.07, 6.45) is 3.52. The van der Waals surface area contributed by atoms with Gasteiger partial charge in [0.25, 0.3) is 5.91 Å². The molecule has 2 rings (SSSR count). The molecule has 1 aliphatic rings. The molecule has 1 aromatic carbocycles. The highest BCUT2D eigenvalue weighted by molar-refractivity contribution is 7.98. The molecule has 0 bridgehead atoms. The number of esters is 1. The Morgan fingerprint density at radius 2 is 2.27 bits per heavy atom. The number of thiol groups is 1. The van der Waals surface area contributed by atoms with Crippen molar-refractivity contribution in [1.29, 1.82) is 0 Å². The van der Waals surface area contributed by atoms with Crippen LogP contribution in [0, 0.1) is 0 Å². The van der Waals surface area contributed by atoms with Gasteiger partial charge in [0.05, 0.1) is 7.11 Å². The van der Waals surface area contributed by atoms with Crippen LogP contribution in [0.25, 0.3) is 0 Å². The zero-order valence-corrected chi connectivity index (χ0v) is 16.9. The van der Waals surface area contributed by atoms with Crippen LogP contribution in [0.5, 0.6) is 0 Å². The van der Waals surface area contributed by atoms with Gasteiger partial charge in [-0.25, -0.2) is 4.79 Å². The number of rotatable bonds is 9. The Labute approximate surface area is 164 Å². The van der Waals surface area contributed by atoms with Crippen LogP contribution in [0.1, 0.15) is 23.2 Å². The molecule has 6 nitrogen and oxygen atoms in total. The molecule has 0 aromatic heterocycles. The molecule has 1 saturated heterocycles. The van der Waals surface area contributed by atoms with Crippen LogP contribution in [0.15, 0.2) is 24.3 Å². The molecule has 1 aliphatic heterocycles. The zero-order chi connectivity index (χ0) is 18.9. The summed E-state index contributed by atoms with van der Waals surface area (Å²) in [4.78, 5) is 24.4. The Hall–Kier alpha value is -1.38. The summed E-state index contributed by atoms with van der Waals surface area (Å²) in [6.45, 7) is 1.70. The van der Waals surface area contributed by atoms with Crippen LogP contribution < -0.4 is 16.0 Å². The summed E-state index contributed by atoms with van der Waals surface area (Å²) >= 11 is 6.09. The number of thioether (sulfide) groups is 1. The van der Waals surface area contributed by atoms with Gasteiger partial charge in [-0.1, -0.05) is 6.07 Å². The minimum absolute atomic E-state index is 0.278. The number of carbonyl (C=O) groups is 2. The smallest absolute Gasteiger partial charge is 0.328 e. The molecular weight excluding hydrogens is 370 g/mol. The summed E-state index contributed by atoms with van der Waals surface area (Å²) in [6, 6.07) is 7.04. The van der Waals surface area contributed by atoms with E-state index in [0.717, 1.165) is 31.0 Å². The number of methoxy groups -OCH3 is 1. The van der Waals surface area contributed by atoms with Crippen molar-refractivity contribution >= 4 is 42.0 Å². The largest absolute Gasteiger partial charge is 0.467 e. The Morgan fingerprint density at radius 3 is 2.92 bits per heavy atom. The van der Waals surface area contributed by atoms with E-state index in [2.05, 4.69) is 28.6 Å². The van der Waals surface area contributed by atoms with Crippen molar-refractivity contribution in [3.05, 3.63) is 29.8 Å². The quantitative estimate of drug-likeness (QED) is 0.376. The van der Waals surface area contributed by atoms with E-state index in [0.29, 0.717) is 23.3 Å². The van der Waals surface area contributed by atoms with E-state index in [4.69, 9.17) is 4.74 Å². The summed E-state index contributed by atoms with van der Waals surface area (Å²) in [5.41, 5.74) is 1.39. The first-order valence-electron chi connectivity index (χ1n) is 8.66. The van der Waals surface area contributed by atoms with Gasteiger partial charge in [0.1, 0.15) is 6.04 Å². The monoisotopic (exact) mass is 397 g/mol. The van der Waals surface area contributed by atoms with Crippen LogP contribution in [-0.2, 0) is 9.53 Å². The molecule has 0 radical (unpaired) electrons. The number of carbonyl (C=O) groups excluding carboxylic acids is 2. The van der Waals surface area contributed by atoms with E-state index in [-0.39, 0.29) is 5.91 Å². The predicted octanol–water partition coefficient (Wildman–Crippen LogP) is 1.78. The molecule has 26 heavy (non-hydrogen) atoms. The molecule has 0 aliphatic carbocycles. The fraction of sp³-hybridized carbons (Fsp3) is 0.556. The van der Waals surface area contributed by atoms with Crippen molar-refractivity contribution in [1.82, 2.24) is 10.6 Å². The van der Waals surface area contributed by atoms with Crippen LogP contribution in [0.3, 0.4) is 0 Å². The number of benzene rings is 1. The summed E-state index contributed by atoms with van der Waals surface area (Å²) < 4.78 is 4.79. The van der Waals surface area contributed by atoms with Gasteiger partial charge in [-0.15, -0.1) is 0 Å². The fourth-order valence-corrected chi connectivity index (χ4v) is 3.66. The lowest BCUT2D eigenvalue weighted by Crippen LogP contribution is -2.42. The van der Waals surface area contributed by atoms with Gasteiger partial charge in [-0.05, 0) is 43.0 Å². The van der Waals surface area contributed by atoms with E-state index in [1.807, 2.05) is 18.4 Å². The molecule has 0 unspecified atom stereocenters. The minimum atomic E-state index is -0.633. The maximum atomic E-state index is 12.5. The first kappa shape index (κ1) is 20.9. The summed E-state index contributed by atoms with van der Waals surface area (Å²) in [7, 11) is 1.33. The second-order valence-corrected chi connectivity index (χ2v) is 8.00. The Balaban J connectivity index is 1.94. The predicted molar refractivity (Wildman–Crippen MR) is 110 cm³/mol. The van der Waals surface area contributed by atoms with Gasteiger partial charge in [-0.2, -0.15) is 24.4 Å². The minimum Gasteiger partial charge on any atom is -0.467 e. The van der Waals surface area contributed by atoms with Gasteiger partial charge in [0, 0.05) is 35.6 Å². The Bertz CT molecular complexity index is 615. The zero-order valence-electron chi connectivity index (χ0n) is 15.2. The molecule has 0 spiro atoms. The highest BCUT2D eigenvalue weighted by Crippen LogP contribution is 2.15. The Morgan fingerprint density at radius 1 is 1.46 bits per heavy atom. The van der Waals surface area contributed by atoms with E-state index in [9.17, 15) is 9.59 Å². The van der Waals surface area contributed by atoms with Crippen LogP contribution in [-0.4, -0.2) is 61.4 Å². The lowest BCUT2D eigenvalue weighted by Gasteiger charge is -2.17. The van der Waals surface area contributed by atoms with E-state index in [1.165, 1.54) is 7.11 Å². The first-order chi connectivity index (χ1) is 12.5. The van der Waals surface area contributed by atoms with Gasteiger partial charge in [0.15, 0.2) is 0 Å². The van der Waals surface area contributed by atoms with E-state index >= 15 is 0 Å². The lowest BCUT2D eigenvalue weighted by atomic mass is 10.1. The highest BCUT2D eigenvalue weighted by Gasteiger charge is 2.22. The van der Waals surface area contributed by atoms with Crippen molar-refractivity contribution in [2.24, 2.45) is 0 Å². The van der Waals surface area contributed by atoms with Crippen molar-refractivity contribution in [3.63, 3.8) is 0 Å². The molecule has 144 valence electrons. The molecule has 3 N–H and O–H groups in total. The topological polar surface area (TPSA) is 79.5 Å². The third-order valence-corrected chi connectivity index (χ3v) is 5.32.